The van der Waals surface area contributed by atoms with Gasteiger partial charge in [0.2, 0.25) is 0 Å². The van der Waals surface area contributed by atoms with Gasteiger partial charge in [-0.3, -0.25) is 0 Å². The van der Waals surface area contributed by atoms with Crippen LogP contribution in [-0.4, -0.2) is 38.8 Å². The summed E-state index contributed by atoms with van der Waals surface area (Å²) in [7, 11) is 5.95. The number of nitrogens with zero attached hydrogens (tertiary/aromatic N) is 1. The molecule has 0 aromatic rings. The molecule has 0 aliphatic carbocycles. The van der Waals surface area contributed by atoms with Gasteiger partial charge in [-0.25, -0.2) is 0 Å². The fourth-order valence-electron chi connectivity index (χ4n) is 0.813. The second kappa shape index (κ2) is 5.69. The first kappa shape index (κ1) is 9.92. The maximum Gasteiger partial charge on any atom is 0.0543 e. The van der Waals surface area contributed by atoms with Crippen molar-refractivity contribution in [1.29, 1.82) is 0 Å². The molecule has 0 saturated carbocycles. The Morgan fingerprint density at radius 3 is 2.40 bits per heavy atom. The molecule has 0 N–H and O–H groups in total. The van der Waals surface area contributed by atoms with E-state index in [4.69, 9.17) is 4.74 Å². The van der Waals surface area contributed by atoms with E-state index in [9.17, 15) is 0 Å². The molecule has 2 nitrogen and oxygen atoms in total. The Morgan fingerprint density at radius 2 is 2.00 bits per heavy atom. The van der Waals surface area contributed by atoms with Crippen LogP contribution < -0.4 is 0 Å². The lowest BCUT2D eigenvalue weighted by Crippen LogP contribution is -2.15. The van der Waals surface area contributed by atoms with Crippen molar-refractivity contribution in [3.63, 3.8) is 0 Å². The molecule has 2 heteroatoms. The largest absolute Gasteiger partial charge is 0.382 e. The molecule has 0 radical (unpaired) electrons. The van der Waals surface area contributed by atoms with E-state index in [-0.39, 0.29) is 0 Å². The summed E-state index contributed by atoms with van der Waals surface area (Å²) >= 11 is 0. The quantitative estimate of drug-likeness (QED) is 0.579. The highest BCUT2D eigenvalue weighted by molar-refractivity contribution is 4.51. The fraction of sp³-hybridized carbons (Fsp3) is 1.00. The van der Waals surface area contributed by atoms with Gasteiger partial charge in [-0.15, -0.1) is 0 Å². The Hall–Kier alpha value is -0.0800. The molecule has 0 aliphatic heterocycles. The summed E-state index contributed by atoms with van der Waals surface area (Å²) in [5.41, 5.74) is 0. The summed E-state index contributed by atoms with van der Waals surface area (Å²) in [4.78, 5) is 2.20. The van der Waals surface area contributed by atoms with E-state index in [1.165, 1.54) is 6.42 Å². The Balaban J connectivity index is 3.03. The topological polar surface area (TPSA) is 12.5 Å². The standard InChI is InChI=1S/C8H19NO/c1-8(10-4)6-5-7-9(2)3/h8H,5-7H2,1-4H3. The number of hydrogen-bond acceptors (Lipinski definition) is 2. The van der Waals surface area contributed by atoms with E-state index in [0.717, 1.165) is 13.0 Å². The summed E-state index contributed by atoms with van der Waals surface area (Å²) in [5, 5.41) is 0. The van der Waals surface area contributed by atoms with Crippen LogP contribution in [0.3, 0.4) is 0 Å². The monoisotopic (exact) mass is 145 g/mol. The highest BCUT2D eigenvalue weighted by Gasteiger charge is 1.98. The van der Waals surface area contributed by atoms with Gasteiger partial charge in [0.15, 0.2) is 0 Å². The average molecular weight is 145 g/mol. The number of hydrogen-bond donors (Lipinski definition) is 0. The van der Waals surface area contributed by atoms with Gasteiger partial charge in [0.25, 0.3) is 0 Å². The second-order valence-electron chi connectivity index (χ2n) is 2.99. The van der Waals surface area contributed by atoms with Gasteiger partial charge in [0.05, 0.1) is 6.10 Å². The third-order valence-corrected chi connectivity index (χ3v) is 1.62. The first-order chi connectivity index (χ1) is 4.66. The van der Waals surface area contributed by atoms with E-state index in [0.29, 0.717) is 6.10 Å². The number of rotatable bonds is 5. The van der Waals surface area contributed by atoms with Gasteiger partial charge in [-0.1, -0.05) is 0 Å². The van der Waals surface area contributed by atoms with E-state index >= 15 is 0 Å². The summed E-state index contributed by atoms with van der Waals surface area (Å²) in [6.07, 6.45) is 2.80. The van der Waals surface area contributed by atoms with Crippen molar-refractivity contribution in [3.05, 3.63) is 0 Å². The summed E-state index contributed by atoms with van der Waals surface area (Å²) in [6.45, 7) is 3.27. The van der Waals surface area contributed by atoms with Crippen LogP contribution in [-0.2, 0) is 4.74 Å². The SMILES string of the molecule is COC(C)CCCN(C)C. The van der Waals surface area contributed by atoms with Gasteiger partial charge < -0.3 is 9.64 Å². The number of ether oxygens (including phenoxy) is 1. The van der Waals surface area contributed by atoms with Crippen molar-refractivity contribution in [1.82, 2.24) is 4.90 Å². The van der Waals surface area contributed by atoms with E-state index in [1.54, 1.807) is 7.11 Å². The van der Waals surface area contributed by atoms with Gasteiger partial charge in [-0.2, -0.15) is 0 Å². The Bertz CT molecular complexity index is 73.7. The highest BCUT2D eigenvalue weighted by Crippen LogP contribution is 1.99. The lowest BCUT2D eigenvalue weighted by molar-refractivity contribution is 0.107. The molecule has 1 unspecified atom stereocenters. The van der Waals surface area contributed by atoms with E-state index in [1.807, 2.05) is 0 Å². The minimum atomic E-state index is 0.417. The van der Waals surface area contributed by atoms with Crippen molar-refractivity contribution in [2.24, 2.45) is 0 Å². The molecule has 0 aromatic heterocycles. The predicted molar refractivity (Wildman–Crippen MR) is 44.3 cm³/mol. The lowest BCUT2D eigenvalue weighted by Gasteiger charge is -2.11. The molecule has 0 aromatic carbocycles. The molecule has 0 aliphatic rings. The van der Waals surface area contributed by atoms with Crippen LogP contribution in [0.5, 0.6) is 0 Å². The van der Waals surface area contributed by atoms with Crippen molar-refractivity contribution < 1.29 is 4.74 Å². The second-order valence-corrected chi connectivity index (χ2v) is 2.99. The summed E-state index contributed by atoms with van der Waals surface area (Å²) in [5.74, 6) is 0. The van der Waals surface area contributed by atoms with E-state index < -0.39 is 0 Å². The van der Waals surface area contributed by atoms with E-state index in [2.05, 4.69) is 25.9 Å². The van der Waals surface area contributed by atoms with Crippen molar-refractivity contribution in [2.75, 3.05) is 27.7 Å². The molecule has 0 bridgehead atoms. The molecule has 0 amide bonds. The molecule has 1 atom stereocenters. The maximum absolute atomic E-state index is 5.11. The Morgan fingerprint density at radius 1 is 1.40 bits per heavy atom. The lowest BCUT2D eigenvalue weighted by atomic mass is 10.2. The predicted octanol–water partition coefficient (Wildman–Crippen LogP) is 1.36. The smallest absolute Gasteiger partial charge is 0.0543 e. The average Bonchev–Trinajstić information content (AvgIpc) is 1.87. The zero-order valence-corrected chi connectivity index (χ0v) is 7.55. The Labute approximate surface area is 64.2 Å². The third-order valence-electron chi connectivity index (χ3n) is 1.62. The van der Waals surface area contributed by atoms with Gasteiger partial charge in [0, 0.05) is 7.11 Å². The molecular weight excluding hydrogens is 126 g/mol. The van der Waals surface area contributed by atoms with Gasteiger partial charge >= 0.3 is 0 Å². The number of methoxy groups -OCH3 is 1. The molecular formula is C8H19NO. The zero-order chi connectivity index (χ0) is 7.98. The van der Waals surface area contributed by atoms with Crippen LogP contribution in [0.2, 0.25) is 0 Å². The van der Waals surface area contributed by atoms with Crippen LogP contribution in [0.15, 0.2) is 0 Å². The minimum Gasteiger partial charge on any atom is -0.382 e. The third kappa shape index (κ3) is 6.05. The van der Waals surface area contributed by atoms with Crippen LogP contribution in [0.1, 0.15) is 19.8 Å². The summed E-state index contributed by atoms with van der Waals surface area (Å²) in [6, 6.07) is 0. The molecule has 0 fully saturated rings. The van der Waals surface area contributed by atoms with Crippen LogP contribution >= 0.6 is 0 Å². The van der Waals surface area contributed by atoms with Crippen LogP contribution in [0.4, 0.5) is 0 Å². The molecule has 0 rings (SSSR count). The maximum atomic E-state index is 5.11. The van der Waals surface area contributed by atoms with Crippen LogP contribution in [0.25, 0.3) is 0 Å². The summed E-state index contributed by atoms with van der Waals surface area (Å²) < 4.78 is 5.11. The van der Waals surface area contributed by atoms with Crippen molar-refractivity contribution in [2.45, 2.75) is 25.9 Å². The molecule has 0 heterocycles. The molecule has 0 saturated heterocycles. The first-order valence-electron chi connectivity index (χ1n) is 3.84. The molecule has 62 valence electrons. The normalized spacial score (nSPS) is 14.1. The highest BCUT2D eigenvalue weighted by atomic mass is 16.5. The van der Waals surface area contributed by atoms with Crippen LogP contribution in [0, 0.1) is 0 Å². The molecule has 10 heavy (non-hydrogen) atoms. The van der Waals surface area contributed by atoms with Gasteiger partial charge in [-0.05, 0) is 40.4 Å². The minimum absolute atomic E-state index is 0.417. The molecule has 0 spiro atoms. The zero-order valence-electron chi connectivity index (χ0n) is 7.55. The van der Waals surface area contributed by atoms with Crippen molar-refractivity contribution >= 4 is 0 Å². The van der Waals surface area contributed by atoms with Gasteiger partial charge in [0.1, 0.15) is 0 Å². The Kier molecular flexibility index (Phi) is 5.64. The fourth-order valence-corrected chi connectivity index (χ4v) is 0.813. The van der Waals surface area contributed by atoms with Crippen molar-refractivity contribution in [3.8, 4) is 0 Å². The first-order valence-corrected chi connectivity index (χ1v) is 3.84.